The zero-order valence-electron chi connectivity index (χ0n) is 10.1. The van der Waals surface area contributed by atoms with Crippen molar-refractivity contribution >= 4 is 21.6 Å². The van der Waals surface area contributed by atoms with Gasteiger partial charge in [0.1, 0.15) is 6.04 Å². The van der Waals surface area contributed by atoms with E-state index in [9.17, 15) is 13.2 Å². The molecular weight excluding hydrogens is 252 g/mol. The maximum Gasteiger partial charge on any atom is 0.256 e. The third-order valence-electron chi connectivity index (χ3n) is 2.82. The Labute approximate surface area is 107 Å². The number of hydrogen-bond donors (Lipinski definition) is 2. The number of amides is 1. The fourth-order valence-corrected chi connectivity index (χ4v) is 3.09. The number of carbonyl (C=O) groups is 1. The van der Waals surface area contributed by atoms with Gasteiger partial charge in [0, 0.05) is 12.1 Å². The Balaban J connectivity index is 2.02. The molecule has 1 aliphatic heterocycles. The van der Waals surface area contributed by atoms with Crippen LogP contribution in [-0.2, 0) is 21.2 Å². The van der Waals surface area contributed by atoms with Crippen molar-refractivity contribution in [1.82, 2.24) is 4.72 Å². The Kier molecular flexibility index (Phi) is 3.56. The summed E-state index contributed by atoms with van der Waals surface area (Å²) in [6.07, 6.45) is 1.00. The molecule has 0 spiro atoms. The van der Waals surface area contributed by atoms with Gasteiger partial charge >= 0.3 is 0 Å². The van der Waals surface area contributed by atoms with Crippen LogP contribution in [0.5, 0.6) is 0 Å². The van der Waals surface area contributed by atoms with E-state index in [-0.39, 0.29) is 5.75 Å². The van der Waals surface area contributed by atoms with Crippen LogP contribution in [0.15, 0.2) is 24.3 Å². The molecule has 18 heavy (non-hydrogen) atoms. The van der Waals surface area contributed by atoms with Crippen LogP contribution in [0.2, 0.25) is 0 Å². The number of para-hydroxylation sites is 1. The van der Waals surface area contributed by atoms with Gasteiger partial charge in [0.05, 0.1) is 5.75 Å². The van der Waals surface area contributed by atoms with Crippen molar-refractivity contribution < 1.29 is 13.2 Å². The van der Waals surface area contributed by atoms with Crippen molar-refractivity contribution in [3.8, 4) is 0 Å². The first-order valence-electron chi connectivity index (χ1n) is 5.90. The summed E-state index contributed by atoms with van der Waals surface area (Å²) >= 11 is 0. The normalized spacial score (nSPS) is 17.9. The quantitative estimate of drug-likeness (QED) is 0.850. The van der Waals surface area contributed by atoms with Gasteiger partial charge in [-0.15, -0.1) is 0 Å². The first-order valence-corrected chi connectivity index (χ1v) is 7.56. The zero-order chi connectivity index (χ0) is 13.2. The summed E-state index contributed by atoms with van der Waals surface area (Å²) in [6.45, 7) is 1.76. The smallest absolute Gasteiger partial charge is 0.256 e. The molecular formula is C12H16N2O3S. The van der Waals surface area contributed by atoms with E-state index in [4.69, 9.17) is 0 Å². The van der Waals surface area contributed by atoms with Crippen LogP contribution < -0.4 is 10.0 Å². The van der Waals surface area contributed by atoms with Crippen LogP contribution in [0.1, 0.15) is 18.9 Å². The Bertz CT molecular complexity index is 529. The van der Waals surface area contributed by atoms with E-state index in [1.165, 1.54) is 0 Å². The summed E-state index contributed by atoms with van der Waals surface area (Å²) in [4.78, 5) is 11.9. The fraction of sp³-hybridized carbons (Fsp3) is 0.417. The average Bonchev–Trinajstić information content (AvgIpc) is 2.71. The van der Waals surface area contributed by atoms with E-state index in [0.29, 0.717) is 12.8 Å². The molecule has 0 aromatic heterocycles. The number of hydrogen-bond acceptors (Lipinski definition) is 4. The lowest BCUT2D eigenvalue weighted by Gasteiger charge is -2.11. The topological polar surface area (TPSA) is 75.3 Å². The summed E-state index contributed by atoms with van der Waals surface area (Å²) in [7, 11) is -3.50. The number of anilines is 1. The summed E-state index contributed by atoms with van der Waals surface area (Å²) < 4.78 is 25.1. The first kappa shape index (κ1) is 12.9. The Morgan fingerprint density at radius 2 is 2.17 bits per heavy atom. The predicted molar refractivity (Wildman–Crippen MR) is 69.8 cm³/mol. The number of carbonyl (C=O) groups excluding carboxylic acids is 1. The van der Waals surface area contributed by atoms with Gasteiger partial charge in [-0.3, -0.25) is 9.52 Å². The number of sulfonamides is 1. The molecule has 1 aliphatic rings. The molecule has 1 unspecified atom stereocenters. The molecule has 2 rings (SSSR count). The van der Waals surface area contributed by atoms with Gasteiger partial charge in [-0.1, -0.05) is 25.1 Å². The van der Waals surface area contributed by atoms with Crippen LogP contribution in [0.4, 0.5) is 5.69 Å². The second-order valence-electron chi connectivity index (χ2n) is 4.34. The molecule has 0 saturated carbocycles. The third-order valence-corrected chi connectivity index (χ3v) is 4.27. The monoisotopic (exact) mass is 268 g/mol. The zero-order valence-corrected chi connectivity index (χ0v) is 11.0. The summed E-state index contributed by atoms with van der Waals surface area (Å²) in [5.74, 6) is -0.516. The highest BCUT2D eigenvalue weighted by Crippen LogP contribution is 2.25. The van der Waals surface area contributed by atoms with Crippen LogP contribution in [-0.4, -0.2) is 26.1 Å². The van der Waals surface area contributed by atoms with Crippen LogP contribution in [0, 0.1) is 0 Å². The Hall–Kier alpha value is -1.56. The minimum Gasteiger partial charge on any atom is -0.373 e. The molecule has 0 fully saturated rings. The molecule has 1 amide bonds. The van der Waals surface area contributed by atoms with Crippen molar-refractivity contribution in [1.29, 1.82) is 0 Å². The molecule has 0 bridgehead atoms. The number of nitrogens with one attached hydrogen (secondary N) is 2. The lowest BCUT2D eigenvalue weighted by Crippen LogP contribution is -2.42. The first-order chi connectivity index (χ1) is 8.52. The average molecular weight is 268 g/mol. The maximum atomic E-state index is 11.9. The van der Waals surface area contributed by atoms with Crippen molar-refractivity contribution in [3.05, 3.63) is 29.8 Å². The third kappa shape index (κ3) is 2.81. The second kappa shape index (κ2) is 4.97. The van der Waals surface area contributed by atoms with Crippen LogP contribution in [0.3, 0.4) is 0 Å². The number of rotatable bonds is 4. The van der Waals surface area contributed by atoms with E-state index in [1.54, 1.807) is 6.92 Å². The highest BCUT2D eigenvalue weighted by molar-refractivity contribution is 7.90. The van der Waals surface area contributed by atoms with Gasteiger partial charge in [-0.2, -0.15) is 0 Å². The van der Waals surface area contributed by atoms with Crippen LogP contribution >= 0.6 is 0 Å². The van der Waals surface area contributed by atoms with Gasteiger partial charge in [0.2, 0.25) is 10.0 Å². The van der Waals surface area contributed by atoms with Crippen molar-refractivity contribution in [2.24, 2.45) is 0 Å². The highest BCUT2D eigenvalue weighted by atomic mass is 32.2. The molecule has 6 heteroatoms. The Morgan fingerprint density at radius 3 is 2.83 bits per heavy atom. The molecule has 98 valence electrons. The van der Waals surface area contributed by atoms with Gasteiger partial charge < -0.3 is 5.32 Å². The van der Waals surface area contributed by atoms with Crippen molar-refractivity contribution in [2.45, 2.75) is 25.8 Å². The van der Waals surface area contributed by atoms with Crippen molar-refractivity contribution in [3.63, 3.8) is 0 Å². The van der Waals surface area contributed by atoms with Crippen molar-refractivity contribution in [2.75, 3.05) is 11.1 Å². The Morgan fingerprint density at radius 1 is 1.44 bits per heavy atom. The van der Waals surface area contributed by atoms with E-state index < -0.39 is 22.0 Å². The maximum absolute atomic E-state index is 11.9. The molecule has 0 radical (unpaired) electrons. The SMILES string of the molecule is CCCS(=O)(=O)NC(=O)C1Cc2ccccc2N1. The van der Waals surface area contributed by atoms with E-state index in [2.05, 4.69) is 10.0 Å². The fourth-order valence-electron chi connectivity index (χ4n) is 2.00. The molecule has 1 aromatic rings. The van der Waals surface area contributed by atoms with E-state index in [0.717, 1.165) is 11.3 Å². The second-order valence-corrected chi connectivity index (χ2v) is 6.19. The highest BCUT2D eigenvalue weighted by Gasteiger charge is 2.28. The molecule has 1 heterocycles. The molecule has 1 aromatic carbocycles. The standard InChI is InChI=1S/C12H16N2O3S/c1-2-7-18(16,17)14-12(15)11-8-9-5-3-4-6-10(9)13-11/h3-6,11,13H,2,7-8H2,1H3,(H,14,15). The molecule has 0 aliphatic carbocycles. The number of benzene rings is 1. The molecule has 2 N–H and O–H groups in total. The van der Waals surface area contributed by atoms with E-state index >= 15 is 0 Å². The largest absolute Gasteiger partial charge is 0.373 e. The predicted octanol–water partition coefficient (Wildman–Crippen LogP) is 0.879. The lowest BCUT2D eigenvalue weighted by molar-refractivity contribution is -0.119. The molecule has 5 nitrogen and oxygen atoms in total. The minimum absolute atomic E-state index is 0.0294. The lowest BCUT2D eigenvalue weighted by atomic mass is 10.1. The van der Waals surface area contributed by atoms with Gasteiger partial charge in [-0.05, 0) is 18.1 Å². The minimum atomic E-state index is -3.50. The summed E-state index contributed by atoms with van der Waals surface area (Å²) in [5.41, 5.74) is 1.93. The van der Waals surface area contributed by atoms with Gasteiger partial charge in [0.15, 0.2) is 0 Å². The summed E-state index contributed by atoms with van der Waals surface area (Å²) in [6, 6.07) is 7.07. The molecule has 0 saturated heterocycles. The van der Waals surface area contributed by atoms with Gasteiger partial charge in [0.25, 0.3) is 5.91 Å². The van der Waals surface area contributed by atoms with Gasteiger partial charge in [-0.25, -0.2) is 8.42 Å². The van der Waals surface area contributed by atoms with E-state index in [1.807, 2.05) is 24.3 Å². The van der Waals surface area contributed by atoms with Crippen LogP contribution in [0.25, 0.3) is 0 Å². The molecule has 1 atom stereocenters. The number of fused-ring (bicyclic) bond motifs is 1. The summed E-state index contributed by atoms with van der Waals surface area (Å²) in [5, 5.41) is 3.02.